The average Bonchev–Trinajstić information content (AvgIpc) is 2.15. The number of hydrogen-bond acceptors (Lipinski definition) is 3. The lowest BCUT2D eigenvalue weighted by molar-refractivity contribution is 0.0955. The first-order valence-electron chi connectivity index (χ1n) is 4.63. The normalized spacial score (nSPS) is 14.1. The van der Waals surface area contributed by atoms with Crippen LogP contribution in [0.25, 0.3) is 0 Å². The Kier molecular flexibility index (Phi) is 3.26. The molecule has 0 radical (unpaired) electrons. The minimum Gasteiger partial charge on any atom is -0.393 e. The third-order valence-electron chi connectivity index (χ3n) is 2.19. The summed E-state index contributed by atoms with van der Waals surface area (Å²) in [6.07, 6.45) is -0.822. The Morgan fingerprint density at radius 2 is 2.07 bits per heavy atom. The monoisotopic (exact) mass is 195 g/mol. The number of aliphatic hydroxyl groups is 2. The van der Waals surface area contributed by atoms with Gasteiger partial charge in [-0.25, -0.2) is 0 Å². The molecule has 1 rings (SSSR count). The van der Waals surface area contributed by atoms with E-state index in [1.807, 2.05) is 32.0 Å². The van der Waals surface area contributed by atoms with Crippen LogP contribution in [-0.4, -0.2) is 16.8 Å². The molecule has 3 nitrogen and oxygen atoms in total. The zero-order chi connectivity index (χ0) is 10.8. The molecule has 0 heterocycles. The molecule has 1 aromatic carbocycles. The Morgan fingerprint density at radius 1 is 1.43 bits per heavy atom. The molecule has 0 bridgehead atoms. The van der Waals surface area contributed by atoms with Gasteiger partial charge in [-0.2, -0.15) is 0 Å². The maximum atomic E-state index is 9.43. The Balaban J connectivity index is 3.01. The number of rotatable bonds is 3. The lowest BCUT2D eigenvalue weighted by atomic mass is 9.93. The topological polar surface area (TPSA) is 66.5 Å². The van der Waals surface area contributed by atoms with Crippen LogP contribution in [0.2, 0.25) is 0 Å². The van der Waals surface area contributed by atoms with E-state index in [2.05, 4.69) is 0 Å². The van der Waals surface area contributed by atoms with Crippen molar-refractivity contribution in [1.29, 1.82) is 0 Å². The summed E-state index contributed by atoms with van der Waals surface area (Å²) in [7, 11) is 0. The predicted octanol–water partition coefficient (Wildman–Crippen LogP) is 0.906. The molecule has 1 aromatic rings. The number of aliphatic hydroxyl groups excluding tert-OH is 2. The van der Waals surface area contributed by atoms with Crippen molar-refractivity contribution in [3.63, 3.8) is 0 Å². The highest BCUT2D eigenvalue weighted by molar-refractivity contribution is 5.29. The Morgan fingerprint density at radius 3 is 2.57 bits per heavy atom. The van der Waals surface area contributed by atoms with Crippen LogP contribution in [0, 0.1) is 0 Å². The number of benzene rings is 1. The van der Waals surface area contributed by atoms with E-state index in [4.69, 9.17) is 10.8 Å². The second kappa shape index (κ2) is 4.09. The largest absolute Gasteiger partial charge is 0.393 e. The minimum absolute atomic E-state index is 0.269. The third kappa shape index (κ3) is 2.54. The Bertz CT molecular complexity index is 304. The zero-order valence-corrected chi connectivity index (χ0v) is 8.57. The van der Waals surface area contributed by atoms with Crippen LogP contribution in [0.15, 0.2) is 24.3 Å². The maximum Gasteiger partial charge on any atom is 0.102 e. The summed E-state index contributed by atoms with van der Waals surface area (Å²) >= 11 is 0. The molecule has 0 aromatic heterocycles. The first-order chi connectivity index (χ1) is 6.45. The van der Waals surface area contributed by atoms with Gasteiger partial charge in [-0.05, 0) is 25.0 Å². The fourth-order valence-electron chi connectivity index (χ4n) is 1.25. The van der Waals surface area contributed by atoms with Crippen LogP contribution in [0.4, 0.5) is 0 Å². The summed E-state index contributed by atoms with van der Waals surface area (Å²) in [5.41, 5.74) is 7.14. The summed E-state index contributed by atoms with van der Waals surface area (Å²) in [6.45, 7) is 3.53. The SMILES string of the molecule is CC(C)(N)c1cccc(C(O)CO)c1. The van der Waals surface area contributed by atoms with Crippen LogP contribution >= 0.6 is 0 Å². The summed E-state index contributed by atoms with van der Waals surface area (Å²) in [5.74, 6) is 0. The Labute approximate surface area is 84.2 Å². The molecule has 1 atom stereocenters. The van der Waals surface area contributed by atoms with E-state index in [1.54, 1.807) is 6.07 Å². The number of nitrogens with two attached hydrogens (primary N) is 1. The fraction of sp³-hybridized carbons (Fsp3) is 0.455. The van der Waals surface area contributed by atoms with E-state index in [1.165, 1.54) is 0 Å². The van der Waals surface area contributed by atoms with Crippen molar-refractivity contribution in [2.45, 2.75) is 25.5 Å². The van der Waals surface area contributed by atoms with Gasteiger partial charge < -0.3 is 15.9 Å². The lowest BCUT2D eigenvalue weighted by Gasteiger charge is -2.20. The van der Waals surface area contributed by atoms with E-state index < -0.39 is 11.6 Å². The van der Waals surface area contributed by atoms with Gasteiger partial charge in [-0.1, -0.05) is 24.3 Å². The van der Waals surface area contributed by atoms with Gasteiger partial charge in [0.25, 0.3) is 0 Å². The molecule has 0 amide bonds. The van der Waals surface area contributed by atoms with Gasteiger partial charge >= 0.3 is 0 Å². The molecule has 0 aliphatic rings. The molecule has 0 saturated heterocycles. The molecule has 0 aliphatic heterocycles. The predicted molar refractivity (Wildman–Crippen MR) is 55.7 cm³/mol. The molecule has 1 unspecified atom stereocenters. The van der Waals surface area contributed by atoms with Gasteiger partial charge in [-0.3, -0.25) is 0 Å². The minimum atomic E-state index is -0.822. The van der Waals surface area contributed by atoms with Crippen molar-refractivity contribution in [3.05, 3.63) is 35.4 Å². The highest BCUT2D eigenvalue weighted by Crippen LogP contribution is 2.21. The highest BCUT2D eigenvalue weighted by Gasteiger charge is 2.15. The molecule has 0 fully saturated rings. The second-order valence-corrected chi connectivity index (χ2v) is 4.05. The van der Waals surface area contributed by atoms with Crippen molar-refractivity contribution >= 4 is 0 Å². The van der Waals surface area contributed by atoms with Crippen molar-refractivity contribution in [1.82, 2.24) is 0 Å². The first kappa shape index (κ1) is 11.2. The second-order valence-electron chi connectivity index (χ2n) is 4.05. The average molecular weight is 195 g/mol. The Hall–Kier alpha value is -0.900. The van der Waals surface area contributed by atoms with E-state index >= 15 is 0 Å². The first-order valence-corrected chi connectivity index (χ1v) is 4.63. The molecular weight excluding hydrogens is 178 g/mol. The smallest absolute Gasteiger partial charge is 0.102 e. The van der Waals surface area contributed by atoms with Gasteiger partial charge in [-0.15, -0.1) is 0 Å². The van der Waals surface area contributed by atoms with E-state index in [0.717, 1.165) is 5.56 Å². The van der Waals surface area contributed by atoms with E-state index in [9.17, 15) is 5.11 Å². The highest BCUT2D eigenvalue weighted by atomic mass is 16.3. The number of hydrogen-bond donors (Lipinski definition) is 3. The van der Waals surface area contributed by atoms with Crippen molar-refractivity contribution in [2.24, 2.45) is 5.73 Å². The van der Waals surface area contributed by atoms with Crippen molar-refractivity contribution in [3.8, 4) is 0 Å². The van der Waals surface area contributed by atoms with Gasteiger partial charge in [0.15, 0.2) is 0 Å². The lowest BCUT2D eigenvalue weighted by Crippen LogP contribution is -2.28. The van der Waals surface area contributed by atoms with E-state index in [0.29, 0.717) is 5.56 Å². The van der Waals surface area contributed by atoms with Crippen LogP contribution in [0.1, 0.15) is 31.1 Å². The van der Waals surface area contributed by atoms with E-state index in [-0.39, 0.29) is 6.61 Å². The molecule has 78 valence electrons. The molecular formula is C11H17NO2. The van der Waals surface area contributed by atoms with Gasteiger partial charge in [0.05, 0.1) is 6.61 Å². The standard InChI is InChI=1S/C11H17NO2/c1-11(2,12)9-5-3-4-8(6-9)10(14)7-13/h3-6,10,13-14H,7,12H2,1-2H3. The van der Waals surface area contributed by atoms with Gasteiger partial charge in [0.2, 0.25) is 0 Å². The maximum absolute atomic E-state index is 9.43. The zero-order valence-electron chi connectivity index (χ0n) is 8.57. The molecule has 4 N–H and O–H groups in total. The van der Waals surface area contributed by atoms with Crippen LogP contribution in [0.3, 0.4) is 0 Å². The van der Waals surface area contributed by atoms with Crippen LogP contribution in [-0.2, 0) is 5.54 Å². The molecule has 0 spiro atoms. The van der Waals surface area contributed by atoms with Gasteiger partial charge in [0.1, 0.15) is 6.10 Å². The van der Waals surface area contributed by atoms with Gasteiger partial charge in [0, 0.05) is 5.54 Å². The molecule has 0 aliphatic carbocycles. The van der Waals surface area contributed by atoms with Crippen molar-refractivity contribution < 1.29 is 10.2 Å². The summed E-state index contributed by atoms with van der Waals surface area (Å²) in [6, 6.07) is 7.34. The molecule has 3 heteroatoms. The van der Waals surface area contributed by atoms with Crippen molar-refractivity contribution in [2.75, 3.05) is 6.61 Å². The summed E-state index contributed by atoms with van der Waals surface area (Å²) in [5, 5.41) is 18.2. The quantitative estimate of drug-likeness (QED) is 0.671. The third-order valence-corrected chi connectivity index (χ3v) is 2.19. The van der Waals surface area contributed by atoms with Crippen LogP contribution in [0.5, 0.6) is 0 Å². The summed E-state index contributed by atoms with van der Waals surface area (Å²) in [4.78, 5) is 0. The summed E-state index contributed by atoms with van der Waals surface area (Å²) < 4.78 is 0. The molecule has 0 saturated carbocycles. The molecule has 14 heavy (non-hydrogen) atoms. The van der Waals surface area contributed by atoms with Crippen LogP contribution < -0.4 is 5.73 Å². The fourth-order valence-corrected chi connectivity index (χ4v) is 1.25.